The van der Waals surface area contributed by atoms with E-state index in [2.05, 4.69) is 42.1 Å². The molecular weight excluding hydrogens is 370 g/mol. The molecular formula is C26H35N3O. The van der Waals surface area contributed by atoms with Gasteiger partial charge in [-0.3, -0.25) is 0 Å². The second kappa shape index (κ2) is 10.3. The largest absolute Gasteiger partial charge is 0.398 e. The van der Waals surface area contributed by atoms with Crippen molar-refractivity contribution in [2.45, 2.75) is 33.1 Å². The van der Waals surface area contributed by atoms with Crippen LogP contribution in [0.15, 0.2) is 76.8 Å². The Morgan fingerprint density at radius 3 is 2.63 bits per heavy atom. The van der Waals surface area contributed by atoms with E-state index in [0.29, 0.717) is 24.8 Å². The number of morpholine rings is 1. The monoisotopic (exact) mass is 405 g/mol. The quantitative estimate of drug-likeness (QED) is 0.274. The van der Waals surface area contributed by atoms with E-state index in [9.17, 15) is 0 Å². The molecule has 0 radical (unpaired) electrons. The summed E-state index contributed by atoms with van der Waals surface area (Å²) in [5.41, 5.74) is 11.4. The molecule has 0 aromatic heterocycles. The van der Waals surface area contributed by atoms with Gasteiger partial charge in [0, 0.05) is 25.9 Å². The van der Waals surface area contributed by atoms with E-state index in [1.165, 1.54) is 5.57 Å². The summed E-state index contributed by atoms with van der Waals surface area (Å²) in [5, 5.41) is 0. The van der Waals surface area contributed by atoms with Crippen molar-refractivity contribution in [3.8, 4) is 11.8 Å². The molecule has 3 aliphatic rings. The van der Waals surface area contributed by atoms with Gasteiger partial charge in [0.25, 0.3) is 0 Å². The minimum Gasteiger partial charge on any atom is -0.398 e. The number of hydrogen-bond acceptors (Lipinski definition) is 4. The van der Waals surface area contributed by atoms with Crippen molar-refractivity contribution < 1.29 is 6.16 Å². The minimum atomic E-state index is 0. The smallest absolute Gasteiger partial charge is 0.129 e. The first-order valence-corrected chi connectivity index (χ1v) is 10.7. The lowest BCUT2D eigenvalue weighted by Gasteiger charge is -2.29. The average molecular weight is 406 g/mol. The number of aliphatic imine (C=N–C) groups is 1. The van der Waals surface area contributed by atoms with Gasteiger partial charge in [-0.2, -0.15) is 0 Å². The summed E-state index contributed by atoms with van der Waals surface area (Å²) in [6.45, 7) is 15.5. The molecule has 1 unspecified atom stereocenters. The van der Waals surface area contributed by atoms with Gasteiger partial charge in [0.05, 0.1) is 13.2 Å². The van der Waals surface area contributed by atoms with E-state index in [-0.39, 0.29) is 7.34 Å². The summed E-state index contributed by atoms with van der Waals surface area (Å²) in [6.07, 6.45) is 13.4. The van der Waals surface area contributed by atoms with E-state index >= 15 is 0 Å². The first kappa shape index (κ1) is 21.9. The predicted octanol–water partition coefficient (Wildman–Crippen LogP) is 4.76. The highest BCUT2D eigenvalue weighted by Gasteiger charge is 2.21. The van der Waals surface area contributed by atoms with Gasteiger partial charge in [0.1, 0.15) is 11.7 Å². The summed E-state index contributed by atoms with van der Waals surface area (Å²) in [5.74, 6) is 7.66. The Hall–Kier alpha value is -2.77. The highest BCUT2D eigenvalue weighted by atomic mass is 16.5. The maximum Gasteiger partial charge on any atom is 0.129 e. The molecule has 0 amide bonds. The van der Waals surface area contributed by atoms with Crippen LogP contribution >= 0.6 is 0 Å². The lowest BCUT2D eigenvalue weighted by molar-refractivity contribution is 0.0531. The lowest BCUT2D eigenvalue weighted by atomic mass is 9.98. The number of ether oxygens (including phenoxy) is 1. The summed E-state index contributed by atoms with van der Waals surface area (Å²) in [6, 6.07) is 0. The Kier molecular flexibility index (Phi) is 7.54. The van der Waals surface area contributed by atoms with Crippen LogP contribution in [0.2, 0.25) is 0 Å². The number of nitrogens with zero attached hydrogens (tertiary/aromatic N) is 2. The lowest BCUT2D eigenvalue weighted by Crippen LogP contribution is -2.35. The van der Waals surface area contributed by atoms with Crippen LogP contribution in [0.3, 0.4) is 0 Å². The van der Waals surface area contributed by atoms with Crippen LogP contribution in [0.25, 0.3) is 0 Å². The van der Waals surface area contributed by atoms with E-state index in [4.69, 9.17) is 15.5 Å². The fourth-order valence-corrected chi connectivity index (χ4v) is 3.78. The first-order chi connectivity index (χ1) is 14.5. The molecule has 4 nitrogen and oxygen atoms in total. The maximum absolute atomic E-state index is 6.38. The van der Waals surface area contributed by atoms with Crippen molar-refractivity contribution >= 4 is 5.71 Å². The van der Waals surface area contributed by atoms with Gasteiger partial charge < -0.3 is 15.4 Å². The van der Waals surface area contributed by atoms with Crippen molar-refractivity contribution in [2.75, 3.05) is 26.3 Å². The van der Waals surface area contributed by atoms with Crippen LogP contribution < -0.4 is 5.73 Å². The average Bonchev–Trinajstić information content (AvgIpc) is 3.44. The summed E-state index contributed by atoms with van der Waals surface area (Å²) < 4.78 is 5.53. The molecule has 2 N–H and O–H groups in total. The zero-order valence-electron chi connectivity index (χ0n) is 18.3. The number of rotatable bonds is 8. The molecule has 160 valence electrons. The van der Waals surface area contributed by atoms with Crippen molar-refractivity contribution in [1.82, 2.24) is 4.90 Å². The molecule has 30 heavy (non-hydrogen) atoms. The Bertz CT molecular complexity index is 897. The highest BCUT2D eigenvalue weighted by molar-refractivity contribution is 5.94. The van der Waals surface area contributed by atoms with Gasteiger partial charge in [0.15, 0.2) is 0 Å². The SMILES string of the molecule is C=C1CCC(C(=C)\C=C(/N=C(C)/C=C(N)/C(/C=C\C)=C/C2C#C2)N2CCOCC2)C1.[HH]. The van der Waals surface area contributed by atoms with Gasteiger partial charge in [-0.1, -0.05) is 42.7 Å². The third-order valence-corrected chi connectivity index (χ3v) is 5.55. The van der Waals surface area contributed by atoms with Gasteiger partial charge >= 0.3 is 0 Å². The third-order valence-electron chi connectivity index (χ3n) is 5.55. The standard InChI is InChI=1S/C26H33N3O.H2/c1-5-6-24(18-22-8-9-22)25(27)17-21(4)28-26(29-11-13-30-14-12-29)16-20(3)23-10-7-19(2)15-23;/h5-6,16-18,22-23H,2-3,7,10-15,27H2,1,4H3;1H/b6-5-,24-18+,25-17-,26-16+,28-21+;. The van der Waals surface area contributed by atoms with Crippen LogP contribution in [0.4, 0.5) is 0 Å². The van der Waals surface area contributed by atoms with E-state index in [0.717, 1.165) is 55.0 Å². The van der Waals surface area contributed by atoms with Crippen LogP contribution in [0.1, 0.15) is 34.5 Å². The molecule has 0 aromatic carbocycles. The Labute approximate surface area is 182 Å². The zero-order chi connectivity index (χ0) is 21.5. The van der Waals surface area contributed by atoms with Gasteiger partial charge in [-0.05, 0) is 68.4 Å². The molecule has 1 atom stereocenters. The Morgan fingerprint density at radius 1 is 1.30 bits per heavy atom. The van der Waals surface area contributed by atoms with E-state index in [1.54, 1.807) is 0 Å². The third kappa shape index (κ3) is 6.37. The van der Waals surface area contributed by atoms with Gasteiger partial charge in [-0.15, -0.1) is 0 Å². The minimum absolute atomic E-state index is 0. The van der Waals surface area contributed by atoms with Crippen LogP contribution in [0, 0.1) is 23.7 Å². The number of hydrogen-bond donors (Lipinski definition) is 1. The van der Waals surface area contributed by atoms with E-state index in [1.807, 2.05) is 32.1 Å². The molecule has 1 aliphatic heterocycles. The zero-order valence-corrected chi connectivity index (χ0v) is 18.3. The number of allylic oxidation sites excluding steroid dienone is 7. The second-order valence-electron chi connectivity index (χ2n) is 8.11. The van der Waals surface area contributed by atoms with Gasteiger partial charge in [-0.25, -0.2) is 4.99 Å². The molecule has 3 rings (SSSR count). The fraction of sp³-hybridized carbons (Fsp3) is 0.423. The van der Waals surface area contributed by atoms with Crippen LogP contribution in [-0.4, -0.2) is 36.9 Å². The van der Waals surface area contributed by atoms with Crippen molar-refractivity contribution in [1.29, 1.82) is 0 Å². The summed E-state index contributed by atoms with van der Waals surface area (Å²) >= 11 is 0. The normalized spacial score (nSPS) is 23.7. The predicted molar refractivity (Wildman–Crippen MR) is 128 cm³/mol. The molecule has 0 bridgehead atoms. The molecule has 1 saturated carbocycles. The van der Waals surface area contributed by atoms with Crippen molar-refractivity contribution in [2.24, 2.45) is 22.6 Å². The van der Waals surface area contributed by atoms with Crippen molar-refractivity contribution in [3.63, 3.8) is 0 Å². The van der Waals surface area contributed by atoms with Crippen molar-refractivity contribution in [3.05, 3.63) is 71.8 Å². The topological polar surface area (TPSA) is 50.8 Å². The molecule has 2 aliphatic carbocycles. The molecule has 4 heteroatoms. The highest BCUT2D eigenvalue weighted by Crippen LogP contribution is 2.34. The van der Waals surface area contributed by atoms with Crippen LogP contribution in [0.5, 0.6) is 0 Å². The molecule has 1 saturated heterocycles. The summed E-state index contributed by atoms with van der Waals surface area (Å²) in [4.78, 5) is 7.20. The molecule has 2 fully saturated rings. The van der Waals surface area contributed by atoms with E-state index < -0.39 is 0 Å². The number of nitrogens with two attached hydrogens (primary N) is 1. The molecule has 0 spiro atoms. The fourth-order valence-electron chi connectivity index (χ4n) is 3.78. The molecule has 1 heterocycles. The maximum atomic E-state index is 6.38. The van der Waals surface area contributed by atoms with Crippen LogP contribution in [-0.2, 0) is 4.74 Å². The second-order valence-corrected chi connectivity index (χ2v) is 8.11. The first-order valence-electron chi connectivity index (χ1n) is 10.7. The summed E-state index contributed by atoms with van der Waals surface area (Å²) in [7, 11) is 0. The van der Waals surface area contributed by atoms with Gasteiger partial charge in [0.2, 0.25) is 0 Å². The Morgan fingerprint density at radius 2 is 2.03 bits per heavy atom. The Balaban J connectivity index is 0.00000341. The molecule has 0 aromatic rings.